The number of carbonyl (C=O) groups excluding carboxylic acids is 1. The largest absolute Gasteiger partial charge is 0.479 e. The Morgan fingerprint density at radius 2 is 2.08 bits per heavy atom. The van der Waals surface area contributed by atoms with Gasteiger partial charge in [0.05, 0.1) is 33.3 Å². The van der Waals surface area contributed by atoms with Gasteiger partial charge in [0.1, 0.15) is 17.7 Å². The molecule has 2 aromatic heterocycles. The van der Waals surface area contributed by atoms with Gasteiger partial charge in [-0.1, -0.05) is 41.7 Å². The van der Waals surface area contributed by atoms with Crippen molar-refractivity contribution in [2.75, 3.05) is 38.4 Å². The van der Waals surface area contributed by atoms with E-state index in [-0.39, 0.29) is 36.2 Å². The Bertz CT molecular complexity index is 1360. The number of nitrogens with two attached hydrogens (primary N) is 1. The molecule has 1 unspecified atom stereocenters. The predicted octanol–water partition coefficient (Wildman–Crippen LogP) is 2.20. The van der Waals surface area contributed by atoms with E-state index in [1.54, 1.807) is 6.92 Å². The van der Waals surface area contributed by atoms with E-state index in [4.69, 9.17) is 24.5 Å². The molecule has 0 radical (unpaired) electrons. The van der Waals surface area contributed by atoms with Crippen molar-refractivity contribution in [2.24, 2.45) is 0 Å². The number of esters is 1. The summed E-state index contributed by atoms with van der Waals surface area (Å²) in [7, 11) is 1.41. The van der Waals surface area contributed by atoms with E-state index in [0.29, 0.717) is 12.2 Å². The summed E-state index contributed by atoms with van der Waals surface area (Å²) in [5, 5.41) is 23.5. The molecule has 14 nitrogen and oxygen atoms in total. The summed E-state index contributed by atoms with van der Waals surface area (Å²) in [6.45, 7) is -1.25. The minimum absolute atomic E-state index is 0.0819. The minimum Gasteiger partial charge on any atom is -0.479 e. The molecular formula is C24H33N6O8PS. The number of nitrogen functional groups attached to an aromatic ring is 1. The fraction of sp³-hybridized carbons (Fsp3) is 0.500. The number of aliphatic hydroxyl groups is 2. The van der Waals surface area contributed by atoms with Gasteiger partial charge in [-0.2, -0.15) is 9.97 Å². The number of imidazole rings is 1. The molecule has 1 aromatic carbocycles. The molecular weight excluding hydrogens is 563 g/mol. The summed E-state index contributed by atoms with van der Waals surface area (Å²) in [4.78, 5) is 25.1. The third kappa shape index (κ3) is 6.92. The first-order chi connectivity index (χ1) is 19.1. The van der Waals surface area contributed by atoms with Gasteiger partial charge < -0.3 is 34.7 Å². The molecule has 1 saturated heterocycles. The van der Waals surface area contributed by atoms with Crippen molar-refractivity contribution in [1.29, 1.82) is 0 Å². The first kappa shape index (κ1) is 30.2. The zero-order valence-corrected chi connectivity index (χ0v) is 24.0. The highest BCUT2D eigenvalue weighted by atomic mass is 32.7. The first-order valence-electron chi connectivity index (χ1n) is 12.5. The number of hydrogen-bond acceptors (Lipinski definition) is 13. The number of nitrogens with one attached hydrogen (secondary N) is 1. The molecule has 4 rings (SSSR count). The molecule has 0 amide bonds. The molecule has 5 N–H and O–H groups in total. The Kier molecular flexibility index (Phi) is 9.67. The van der Waals surface area contributed by atoms with Crippen LogP contribution in [0.15, 0.2) is 36.7 Å². The van der Waals surface area contributed by atoms with Crippen molar-refractivity contribution >= 4 is 41.2 Å². The van der Waals surface area contributed by atoms with E-state index >= 15 is 0 Å². The summed E-state index contributed by atoms with van der Waals surface area (Å²) in [5.74, 6) is -0.0334. The van der Waals surface area contributed by atoms with Gasteiger partial charge in [0.2, 0.25) is 11.8 Å². The van der Waals surface area contributed by atoms with Crippen LogP contribution in [0.1, 0.15) is 38.2 Å². The average Bonchev–Trinajstić information content (AvgIpc) is 3.35. The lowest BCUT2D eigenvalue weighted by molar-refractivity contribution is -0.158. The van der Waals surface area contributed by atoms with Crippen LogP contribution in [0.25, 0.3) is 11.2 Å². The zero-order chi connectivity index (χ0) is 28.9. The Morgan fingerprint density at radius 1 is 1.32 bits per heavy atom. The Labute approximate surface area is 234 Å². The molecule has 0 aliphatic carbocycles. The monoisotopic (exact) mass is 596 g/mol. The summed E-state index contributed by atoms with van der Waals surface area (Å²) in [5.41, 5.74) is 5.36. The molecule has 1 aliphatic rings. The lowest BCUT2D eigenvalue weighted by Gasteiger charge is -2.32. The van der Waals surface area contributed by atoms with Gasteiger partial charge in [0.25, 0.3) is 0 Å². The topological polar surface area (TPSA) is 193 Å². The van der Waals surface area contributed by atoms with E-state index in [1.807, 2.05) is 30.3 Å². The summed E-state index contributed by atoms with van der Waals surface area (Å²) >= 11 is 1.09. The van der Waals surface area contributed by atoms with Crippen LogP contribution in [0.3, 0.4) is 0 Å². The summed E-state index contributed by atoms with van der Waals surface area (Å²) in [6, 6.07) is 8.53. The fourth-order valence-corrected chi connectivity index (χ4v) is 7.88. The quantitative estimate of drug-likeness (QED) is 0.135. The van der Waals surface area contributed by atoms with Crippen LogP contribution in [-0.2, 0) is 23.4 Å². The van der Waals surface area contributed by atoms with Crippen molar-refractivity contribution in [3.8, 4) is 5.88 Å². The number of methoxy groups -OCH3 is 1. The van der Waals surface area contributed by atoms with E-state index in [1.165, 1.54) is 24.9 Å². The van der Waals surface area contributed by atoms with E-state index < -0.39 is 43.3 Å². The number of benzene rings is 1. The van der Waals surface area contributed by atoms with Gasteiger partial charge in [-0.15, -0.1) is 0 Å². The van der Waals surface area contributed by atoms with Crippen LogP contribution >= 0.6 is 18.1 Å². The molecule has 218 valence electrons. The molecule has 5 atom stereocenters. The molecule has 3 aromatic rings. The normalized spacial score (nSPS) is 22.4. The van der Waals surface area contributed by atoms with Gasteiger partial charge in [-0.25, -0.2) is 10.1 Å². The zero-order valence-electron chi connectivity index (χ0n) is 22.3. The number of anilines is 1. The van der Waals surface area contributed by atoms with Gasteiger partial charge in [-0.3, -0.25) is 13.9 Å². The molecule has 1 aliphatic heterocycles. The SMILES string of the molecule is COc1nc(N)nc2c1ncn2[C@H](OCCOP1(=O)N[C@H](C(=O)O[C@@H](C)c2ccccc2)CCS1)[C@](C)(O)CO. The second-order valence-electron chi connectivity index (χ2n) is 9.28. The first-order valence-corrected chi connectivity index (χ1v) is 15.7. The minimum atomic E-state index is -3.46. The van der Waals surface area contributed by atoms with Crippen LogP contribution in [0.5, 0.6) is 5.88 Å². The fourth-order valence-electron chi connectivity index (χ4n) is 4.05. The number of fused-ring (bicyclic) bond motifs is 1. The van der Waals surface area contributed by atoms with Gasteiger partial charge in [0, 0.05) is 5.75 Å². The third-order valence-electron chi connectivity index (χ3n) is 6.15. The van der Waals surface area contributed by atoms with Crippen LogP contribution < -0.4 is 15.6 Å². The molecule has 0 saturated carbocycles. The van der Waals surface area contributed by atoms with Crippen molar-refractivity contribution in [3.05, 3.63) is 42.2 Å². The van der Waals surface area contributed by atoms with E-state index in [0.717, 1.165) is 16.9 Å². The van der Waals surface area contributed by atoms with Crippen molar-refractivity contribution in [3.63, 3.8) is 0 Å². The van der Waals surface area contributed by atoms with Crippen LogP contribution in [0.2, 0.25) is 0 Å². The Balaban J connectivity index is 1.38. The number of aliphatic hydroxyl groups excluding tert-OH is 1. The lowest BCUT2D eigenvalue weighted by atomic mass is 10.1. The maximum absolute atomic E-state index is 13.3. The highest BCUT2D eigenvalue weighted by Gasteiger charge is 2.38. The van der Waals surface area contributed by atoms with Crippen molar-refractivity contribution in [1.82, 2.24) is 24.6 Å². The Hall–Kier alpha value is -2.78. The number of ether oxygens (including phenoxy) is 3. The molecule has 0 bridgehead atoms. The van der Waals surface area contributed by atoms with Crippen LogP contribution in [0, 0.1) is 0 Å². The number of nitrogens with zero attached hydrogens (tertiary/aromatic N) is 4. The summed E-state index contributed by atoms with van der Waals surface area (Å²) in [6.07, 6.45) is 0.137. The number of rotatable bonds is 12. The van der Waals surface area contributed by atoms with Crippen LogP contribution in [0.4, 0.5) is 5.95 Å². The highest BCUT2D eigenvalue weighted by molar-refractivity contribution is 8.56. The molecule has 1 fully saturated rings. The van der Waals surface area contributed by atoms with Gasteiger partial charge in [0.15, 0.2) is 17.4 Å². The van der Waals surface area contributed by atoms with Crippen molar-refractivity contribution < 1.29 is 38.3 Å². The highest BCUT2D eigenvalue weighted by Crippen LogP contribution is 2.59. The second-order valence-corrected chi connectivity index (χ2v) is 13.7. The molecule has 3 heterocycles. The van der Waals surface area contributed by atoms with Crippen LogP contribution in [-0.4, -0.2) is 80.0 Å². The Morgan fingerprint density at radius 3 is 2.77 bits per heavy atom. The summed E-state index contributed by atoms with van der Waals surface area (Å²) < 4.78 is 37.0. The average molecular weight is 597 g/mol. The van der Waals surface area contributed by atoms with E-state index in [2.05, 4.69) is 20.0 Å². The standard InChI is InChI=1S/C24H33N6O8PS/c1-15(16-7-5-4-6-8-16)38-21(32)17-9-12-40-39(34,29-17)37-11-10-36-22(24(2,33)13-31)30-14-26-18-19(30)27-23(25)28-20(18)35-3/h4-8,14-15,17,22,31,33H,9-13H2,1-3H3,(H,29,34)(H2,25,27,28)/t15-,17-,22+,24+,39?/m0/s1. The smallest absolute Gasteiger partial charge is 0.327 e. The molecule has 40 heavy (non-hydrogen) atoms. The number of hydrogen-bond donors (Lipinski definition) is 4. The van der Waals surface area contributed by atoms with Gasteiger partial charge >= 0.3 is 12.7 Å². The molecule has 16 heteroatoms. The van der Waals surface area contributed by atoms with Crippen molar-refractivity contribution in [2.45, 2.75) is 44.2 Å². The number of carbonyl (C=O) groups is 1. The number of aromatic nitrogens is 4. The van der Waals surface area contributed by atoms with E-state index in [9.17, 15) is 19.6 Å². The maximum atomic E-state index is 13.3. The third-order valence-corrected chi connectivity index (χ3v) is 10.3. The molecule has 0 spiro atoms. The van der Waals surface area contributed by atoms with Gasteiger partial charge in [-0.05, 0) is 25.8 Å². The predicted molar refractivity (Wildman–Crippen MR) is 147 cm³/mol. The second kappa shape index (κ2) is 12.8. The maximum Gasteiger partial charge on any atom is 0.327 e. The lowest BCUT2D eigenvalue weighted by Crippen LogP contribution is -2.42.